The Morgan fingerprint density at radius 1 is 0.757 bits per heavy atom. The molecule has 1 aliphatic rings. The molecule has 220 valence electrons. The van der Waals surface area contributed by atoms with E-state index in [9.17, 15) is 4.79 Å². The molecule has 1 rings (SSSR count). The quantitative estimate of drug-likeness (QED) is 0.160. The molecule has 0 aliphatic carbocycles. The number of Topliss-reactive ketones (excluding diaryl/α,β-unsaturated/α-hetero) is 1. The Labute approximate surface area is 233 Å². The van der Waals surface area contributed by atoms with E-state index < -0.39 is 0 Å². The average Bonchev–Trinajstić information content (AvgIpc) is 2.82. The number of carbonyl (C=O) groups is 1. The van der Waals surface area contributed by atoms with Crippen molar-refractivity contribution in [3.63, 3.8) is 0 Å². The third-order valence-corrected chi connectivity index (χ3v) is 9.64. The van der Waals surface area contributed by atoms with Gasteiger partial charge in [0.05, 0.1) is 5.60 Å². The van der Waals surface area contributed by atoms with Gasteiger partial charge in [-0.05, 0) is 116 Å². The number of hydrogen-bond donors (Lipinski definition) is 0. The monoisotopic (exact) mass is 522 g/mol. The van der Waals surface area contributed by atoms with Crippen LogP contribution >= 0.6 is 0 Å². The minimum Gasteiger partial charge on any atom is -0.376 e. The molecule has 1 atom stereocenters. The highest BCUT2D eigenvalue weighted by Gasteiger charge is 2.32. The first-order valence-electron chi connectivity index (χ1n) is 16.1. The molecule has 0 aromatic heterocycles. The number of unbranched alkanes of at least 4 members (excludes halogenated alkanes) is 1. The van der Waals surface area contributed by atoms with Crippen LogP contribution in [0, 0.1) is 16.7 Å². The van der Waals surface area contributed by atoms with Crippen molar-refractivity contribution in [1.82, 2.24) is 4.90 Å². The Kier molecular flexibility index (Phi) is 15.0. The lowest BCUT2D eigenvalue weighted by molar-refractivity contribution is -0.127. The summed E-state index contributed by atoms with van der Waals surface area (Å²) in [7, 11) is 0. The highest BCUT2D eigenvalue weighted by Crippen LogP contribution is 2.38. The highest BCUT2D eigenvalue weighted by molar-refractivity contribution is 5.83. The third kappa shape index (κ3) is 13.0. The highest BCUT2D eigenvalue weighted by atomic mass is 16.5. The van der Waals surface area contributed by atoms with Crippen molar-refractivity contribution in [2.45, 2.75) is 177 Å². The second-order valence-corrected chi connectivity index (χ2v) is 14.7. The molecule has 1 aliphatic heterocycles. The van der Waals surface area contributed by atoms with Crippen LogP contribution in [0.4, 0.5) is 0 Å². The van der Waals surface area contributed by atoms with E-state index in [1.165, 1.54) is 70.9 Å². The zero-order valence-corrected chi connectivity index (χ0v) is 27.1. The topological polar surface area (TPSA) is 29.5 Å². The van der Waals surface area contributed by atoms with Crippen LogP contribution in [0.15, 0.2) is 0 Å². The lowest BCUT2D eigenvalue weighted by atomic mass is 9.75. The number of ketones is 1. The SMILES string of the molecule is CCCCC(C)(CCC)CCC(C)(C)OCCC(C)(C)N1CCC(CCCC(=O)C(C)(C)CCC)CC1. The second-order valence-electron chi connectivity index (χ2n) is 14.7. The van der Waals surface area contributed by atoms with Gasteiger partial charge in [-0.3, -0.25) is 9.69 Å². The molecule has 0 spiro atoms. The molecule has 3 heteroatoms. The van der Waals surface area contributed by atoms with Crippen LogP contribution in [0.2, 0.25) is 0 Å². The predicted octanol–water partition coefficient (Wildman–Crippen LogP) is 10.0. The molecule has 1 fully saturated rings. The molecule has 1 saturated heterocycles. The molecule has 0 bridgehead atoms. The minimum absolute atomic E-state index is 0.0482. The average molecular weight is 522 g/mol. The van der Waals surface area contributed by atoms with E-state index in [0.29, 0.717) is 11.2 Å². The molecule has 0 N–H and O–H groups in total. The van der Waals surface area contributed by atoms with Gasteiger partial charge in [0.1, 0.15) is 5.78 Å². The number of ether oxygens (including phenoxy) is 1. The predicted molar refractivity (Wildman–Crippen MR) is 162 cm³/mol. The van der Waals surface area contributed by atoms with E-state index >= 15 is 0 Å². The summed E-state index contributed by atoms with van der Waals surface area (Å²) in [6.07, 6.45) is 17.8. The van der Waals surface area contributed by atoms with Crippen LogP contribution < -0.4 is 0 Å². The summed E-state index contributed by atoms with van der Waals surface area (Å²) < 4.78 is 6.52. The molecular formula is C34H67NO2. The summed E-state index contributed by atoms with van der Waals surface area (Å²) in [5.74, 6) is 1.25. The number of nitrogens with zero attached hydrogens (tertiary/aromatic N) is 1. The summed E-state index contributed by atoms with van der Waals surface area (Å²) in [5.41, 5.74) is 0.462. The third-order valence-electron chi connectivity index (χ3n) is 9.64. The summed E-state index contributed by atoms with van der Waals surface area (Å²) in [6, 6.07) is 0. The fourth-order valence-corrected chi connectivity index (χ4v) is 6.47. The number of rotatable bonds is 20. The first kappa shape index (κ1) is 34.6. The summed E-state index contributed by atoms with van der Waals surface area (Å²) in [6.45, 7) is 26.2. The van der Waals surface area contributed by atoms with Crippen molar-refractivity contribution in [1.29, 1.82) is 0 Å². The minimum atomic E-state index is -0.136. The van der Waals surface area contributed by atoms with Gasteiger partial charge < -0.3 is 4.74 Å². The maximum atomic E-state index is 12.6. The fraction of sp³-hybridized carbons (Fsp3) is 0.971. The van der Waals surface area contributed by atoms with Gasteiger partial charge in [0.15, 0.2) is 0 Å². The molecule has 1 heterocycles. The second kappa shape index (κ2) is 16.0. The van der Waals surface area contributed by atoms with Gasteiger partial charge in [-0.25, -0.2) is 0 Å². The molecule has 1 unspecified atom stereocenters. The van der Waals surface area contributed by atoms with Crippen LogP contribution in [0.3, 0.4) is 0 Å². The van der Waals surface area contributed by atoms with Crippen molar-refractivity contribution in [3.05, 3.63) is 0 Å². The fourth-order valence-electron chi connectivity index (χ4n) is 6.47. The van der Waals surface area contributed by atoms with E-state index in [1.54, 1.807) is 0 Å². The van der Waals surface area contributed by atoms with Crippen LogP contribution in [-0.2, 0) is 9.53 Å². The Morgan fingerprint density at radius 3 is 1.95 bits per heavy atom. The smallest absolute Gasteiger partial charge is 0.138 e. The van der Waals surface area contributed by atoms with Gasteiger partial charge in [0, 0.05) is 24.0 Å². The Bertz CT molecular complexity index is 630. The first-order valence-corrected chi connectivity index (χ1v) is 16.1. The van der Waals surface area contributed by atoms with Crippen LogP contribution in [0.5, 0.6) is 0 Å². The van der Waals surface area contributed by atoms with Crippen molar-refractivity contribution in [2.75, 3.05) is 19.7 Å². The van der Waals surface area contributed by atoms with Gasteiger partial charge in [0.25, 0.3) is 0 Å². The van der Waals surface area contributed by atoms with Gasteiger partial charge in [-0.15, -0.1) is 0 Å². The molecule has 3 nitrogen and oxygen atoms in total. The lowest BCUT2D eigenvalue weighted by Gasteiger charge is -2.43. The van der Waals surface area contributed by atoms with Crippen molar-refractivity contribution < 1.29 is 9.53 Å². The van der Waals surface area contributed by atoms with Crippen LogP contribution in [-0.4, -0.2) is 41.5 Å². The number of piperidine rings is 1. The number of carbonyl (C=O) groups excluding carboxylic acids is 1. The maximum Gasteiger partial charge on any atom is 0.138 e. The first-order chi connectivity index (χ1) is 17.2. The zero-order valence-electron chi connectivity index (χ0n) is 27.1. The van der Waals surface area contributed by atoms with E-state index in [-0.39, 0.29) is 16.6 Å². The van der Waals surface area contributed by atoms with E-state index in [4.69, 9.17) is 4.74 Å². The normalized spacial score (nSPS) is 18.2. The van der Waals surface area contributed by atoms with Gasteiger partial charge >= 0.3 is 0 Å². The van der Waals surface area contributed by atoms with E-state index in [1.807, 2.05) is 0 Å². The molecule has 0 aromatic rings. The van der Waals surface area contributed by atoms with Gasteiger partial charge in [-0.1, -0.05) is 67.2 Å². The number of hydrogen-bond acceptors (Lipinski definition) is 3. The zero-order chi connectivity index (χ0) is 28.2. The largest absolute Gasteiger partial charge is 0.376 e. The standard InChI is InChI=1S/C34H67NO2/c1-11-14-22-34(10,21-13-3)24-23-33(8,9)37-28-25-32(6,7)35-26-18-29(19-27-35)16-15-17-30(36)31(4,5)20-12-2/h29H,11-28H2,1-10H3. The summed E-state index contributed by atoms with van der Waals surface area (Å²) in [5, 5.41) is 0. The Hall–Kier alpha value is -0.410. The molecule has 0 radical (unpaired) electrons. The molecule has 0 amide bonds. The van der Waals surface area contributed by atoms with E-state index in [0.717, 1.165) is 51.0 Å². The molecular weight excluding hydrogens is 454 g/mol. The maximum absolute atomic E-state index is 12.6. The molecule has 0 saturated carbocycles. The van der Waals surface area contributed by atoms with Crippen LogP contribution in [0.25, 0.3) is 0 Å². The lowest BCUT2D eigenvalue weighted by Crippen LogP contribution is -2.49. The molecule has 0 aromatic carbocycles. The van der Waals surface area contributed by atoms with Crippen LogP contribution in [0.1, 0.15) is 166 Å². The summed E-state index contributed by atoms with van der Waals surface area (Å²) in [4.78, 5) is 15.3. The Balaban J connectivity index is 2.39. The summed E-state index contributed by atoms with van der Waals surface area (Å²) >= 11 is 0. The van der Waals surface area contributed by atoms with Gasteiger partial charge in [-0.2, -0.15) is 0 Å². The van der Waals surface area contributed by atoms with E-state index in [2.05, 4.69) is 74.1 Å². The Morgan fingerprint density at radius 2 is 1.38 bits per heavy atom. The molecule has 37 heavy (non-hydrogen) atoms. The van der Waals surface area contributed by atoms with Crippen molar-refractivity contribution in [3.8, 4) is 0 Å². The number of likely N-dealkylation sites (tertiary alicyclic amines) is 1. The van der Waals surface area contributed by atoms with Crippen molar-refractivity contribution in [2.24, 2.45) is 16.7 Å². The van der Waals surface area contributed by atoms with Crippen molar-refractivity contribution >= 4 is 5.78 Å². The van der Waals surface area contributed by atoms with Gasteiger partial charge in [0.2, 0.25) is 0 Å².